The van der Waals surface area contributed by atoms with Gasteiger partial charge in [0.1, 0.15) is 11.6 Å². The number of carbonyl (C=O) groups excluding carboxylic acids is 1. The van der Waals surface area contributed by atoms with Crippen molar-refractivity contribution in [3.63, 3.8) is 0 Å². The molecule has 7 nitrogen and oxygen atoms in total. The second-order valence-electron chi connectivity index (χ2n) is 6.72. The van der Waals surface area contributed by atoms with E-state index in [2.05, 4.69) is 20.6 Å². The monoisotopic (exact) mass is 375 g/mol. The predicted molar refractivity (Wildman–Crippen MR) is 103 cm³/mol. The van der Waals surface area contributed by atoms with E-state index in [9.17, 15) is 9.18 Å². The Kier molecular flexibility index (Phi) is 7.06. The van der Waals surface area contributed by atoms with E-state index in [-0.39, 0.29) is 22.9 Å². The minimum Gasteiger partial charge on any atom is -0.412 e. The van der Waals surface area contributed by atoms with Crippen molar-refractivity contribution in [3.8, 4) is 0 Å². The fraction of sp³-hybridized carbons (Fsp3) is 0.421. The summed E-state index contributed by atoms with van der Waals surface area (Å²) < 4.78 is 13.1. The van der Waals surface area contributed by atoms with Gasteiger partial charge in [-0.25, -0.2) is 9.37 Å². The summed E-state index contributed by atoms with van der Waals surface area (Å²) in [6.45, 7) is 1.94. The van der Waals surface area contributed by atoms with E-state index in [4.69, 9.17) is 5.73 Å². The molecule has 1 heterocycles. The van der Waals surface area contributed by atoms with E-state index in [1.807, 2.05) is 6.92 Å². The number of anilines is 2. The van der Waals surface area contributed by atoms with E-state index in [0.717, 1.165) is 18.4 Å². The predicted octanol–water partition coefficient (Wildman–Crippen LogP) is 2.81. The first-order chi connectivity index (χ1) is 12.5. The van der Waals surface area contributed by atoms with Gasteiger partial charge in [-0.2, -0.15) is 4.98 Å². The topological polar surface area (TPSA) is 124 Å². The molecule has 1 atom stereocenters. The Labute approximate surface area is 157 Å². The average Bonchev–Trinajstić information content (AvgIpc) is 2.63. The van der Waals surface area contributed by atoms with Crippen LogP contribution in [0.4, 0.5) is 16.2 Å². The summed E-state index contributed by atoms with van der Waals surface area (Å²) >= 11 is 0. The number of aromatic nitrogens is 2. The Bertz CT molecular complexity index is 763. The Morgan fingerprint density at radius 3 is 2.52 bits per heavy atom. The standard InChI is InChI=1S/C19H24FN5O.H2O/c1-12(13-7-9-14(20)10-8-13)23-19-22-11-16(17(21)26)18(25-19)24-15-5-3-2-4-6-15;/h7-12,15H,2-6H2,1H3,(H2,21,26)(H2,22,23,24,25);1H2/t12-;/m0./s1. The van der Waals surface area contributed by atoms with Gasteiger partial charge in [-0.15, -0.1) is 0 Å². The zero-order chi connectivity index (χ0) is 18.5. The molecule has 3 rings (SSSR count). The highest BCUT2D eigenvalue weighted by atomic mass is 19.1. The number of nitrogens with two attached hydrogens (primary N) is 1. The molecular formula is C19H26FN5O2. The molecule has 0 saturated heterocycles. The van der Waals surface area contributed by atoms with Gasteiger partial charge in [0.25, 0.3) is 5.91 Å². The second kappa shape index (κ2) is 9.27. The number of rotatable bonds is 6. The number of halogens is 1. The van der Waals surface area contributed by atoms with Crippen molar-refractivity contribution in [2.24, 2.45) is 5.73 Å². The summed E-state index contributed by atoms with van der Waals surface area (Å²) in [6, 6.07) is 6.44. The lowest BCUT2D eigenvalue weighted by atomic mass is 9.95. The van der Waals surface area contributed by atoms with Crippen LogP contribution >= 0.6 is 0 Å². The number of benzene rings is 1. The highest BCUT2D eigenvalue weighted by Gasteiger charge is 2.19. The number of primary amides is 1. The van der Waals surface area contributed by atoms with E-state index in [1.165, 1.54) is 37.6 Å². The summed E-state index contributed by atoms with van der Waals surface area (Å²) in [5.41, 5.74) is 6.66. The van der Waals surface area contributed by atoms with Gasteiger partial charge in [0.05, 0.1) is 11.6 Å². The van der Waals surface area contributed by atoms with Crippen LogP contribution in [0.1, 0.15) is 61.0 Å². The summed E-state index contributed by atoms with van der Waals surface area (Å²) in [5, 5.41) is 6.53. The maximum Gasteiger partial charge on any atom is 0.254 e. The van der Waals surface area contributed by atoms with Crippen molar-refractivity contribution >= 4 is 17.7 Å². The number of carbonyl (C=O) groups is 1. The third-order valence-corrected chi connectivity index (χ3v) is 4.72. The molecule has 146 valence electrons. The summed E-state index contributed by atoms with van der Waals surface area (Å²) in [4.78, 5) is 20.4. The Hall–Kier alpha value is -2.74. The van der Waals surface area contributed by atoms with Gasteiger partial charge < -0.3 is 21.8 Å². The van der Waals surface area contributed by atoms with Gasteiger partial charge in [-0.05, 0) is 37.5 Å². The van der Waals surface area contributed by atoms with E-state index in [1.54, 1.807) is 12.1 Å². The first-order valence-electron chi connectivity index (χ1n) is 8.98. The number of hydrogen-bond acceptors (Lipinski definition) is 5. The van der Waals surface area contributed by atoms with Gasteiger partial charge in [-0.3, -0.25) is 4.79 Å². The number of nitrogens with zero attached hydrogens (tertiary/aromatic N) is 2. The van der Waals surface area contributed by atoms with Crippen LogP contribution in [-0.2, 0) is 0 Å². The minimum atomic E-state index is -0.554. The van der Waals surface area contributed by atoms with E-state index < -0.39 is 5.91 Å². The van der Waals surface area contributed by atoms with Gasteiger partial charge in [0, 0.05) is 12.2 Å². The van der Waals surface area contributed by atoms with Crippen LogP contribution < -0.4 is 16.4 Å². The smallest absolute Gasteiger partial charge is 0.254 e. The lowest BCUT2D eigenvalue weighted by Crippen LogP contribution is -2.26. The van der Waals surface area contributed by atoms with Crippen molar-refractivity contribution in [3.05, 3.63) is 47.4 Å². The maximum atomic E-state index is 13.1. The molecule has 1 aliphatic carbocycles. The molecule has 0 bridgehead atoms. The number of amides is 1. The molecule has 0 radical (unpaired) electrons. The van der Waals surface area contributed by atoms with Crippen molar-refractivity contribution in [1.82, 2.24) is 9.97 Å². The Morgan fingerprint density at radius 1 is 1.22 bits per heavy atom. The molecule has 1 aromatic heterocycles. The van der Waals surface area contributed by atoms with Gasteiger partial charge in [-0.1, -0.05) is 31.4 Å². The van der Waals surface area contributed by atoms with Crippen molar-refractivity contribution in [2.45, 2.75) is 51.1 Å². The molecule has 1 aliphatic rings. The Balaban J connectivity index is 0.00000261. The summed E-state index contributed by atoms with van der Waals surface area (Å²) in [5.74, 6) is 0.0294. The third-order valence-electron chi connectivity index (χ3n) is 4.72. The molecule has 6 N–H and O–H groups in total. The molecule has 1 amide bonds. The molecule has 0 spiro atoms. The largest absolute Gasteiger partial charge is 0.412 e. The quantitative estimate of drug-likeness (QED) is 0.716. The maximum absolute atomic E-state index is 13.1. The Morgan fingerprint density at radius 2 is 1.89 bits per heavy atom. The highest BCUT2D eigenvalue weighted by Crippen LogP contribution is 2.24. The SMILES string of the molecule is C[C@H](Nc1ncc(C(N)=O)c(NC2CCCCC2)n1)c1ccc(F)cc1.O. The molecule has 0 aliphatic heterocycles. The van der Waals surface area contributed by atoms with Crippen LogP contribution in [0.5, 0.6) is 0 Å². The average molecular weight is 375 g/mol. The zero-order valence-electron chi connectivity index (χ0n) is 15.3. The van der Waals surface area contributed by atoms with E-state index in [0.29, 0.717) is 17.8 Å². The molecular weight excluding hydrogens is 349 g/mol. The first kappa shape index (κ1) is 20.6. The number of hydrogen-bond donors (Lipinski definition) is 3. The molecule has 2 aromatic rings. The fourth-order valence-corrected chi connectivity index (χ4v) is 3.21. The van der Waals surface area contributed by atoms with Crippen LogP contribution in [0.3, 0.4) is 0 Å². The summed E-state index contributed by atoms with van der Waals surface area (Å²) in [7, 11) is 0. The van der Waals surface area contributed by atoms with Crippen molar-refractivity contribution < 1.29 is 14.7 Å². The second-order valence-corrected chi connectivity index (χ2v) is 6.72. The van der Waals surface area contributed by atoms with Gasteiger partial charge in [0.15, 0.2) is 0 Å². The highest BCUT2D eigenvalue weighted by molar-refractivity contribution is 5.97. The van der Waals surface area contributed by atoms with Crippen LogP contribution in [0, 0.1) is 5.82 Å². The van der Waals surface area contributed by atoms with Crippen LogP contribution in [-0.4, -0.2) is 27.4 Å². The molecule has 1 fully saturated rings. The summed E-state index contributed by atoms with van der Waals surface area (Å²) in [6.07, 6.45) is 7.13. The molecule has 27 heavy (non-hydrogen) atoms. The fourth-order valence-electron chi connectivity index (χ4n) is 3.21. The zero-order valence-corrected chi connectivity index (χ0v) is 15.3. The van der Waals surface area contributed by atoms with Crippen LogP contribution in [0.15, 0.2) is 30.5 Å². The molecule has 1 saturated carbocycles. The first-order valence-corrected chi connectivity index (χ1v) is 8.98. The van der Waals surface area contributed by atoms with Crippen molar-refractivity contribution in [1.29, 1.82) is 0 Å². The van der Waals surface area contributed by atoms with Crippen molar-refractivity contribution in [2.75, 3.05) is 10.6 Å². The van der Waals surface area contributed by atoms with Crippen LogP contribution in [0.2, 0.25) is 0 Å². The molecule has 1 aromatic carbocycles. The molecule has 0 unspecified atom stereocenters. The van der Waals surface area contributed by atoms with Gasteiger partial charge in [0.2, 0.25) is 5.95 Å². The number of nitrogens with one attached hydrogen (secondary N) is 2. The normalized spacial score (nSPS) is 15.5. The third kappa shape index (κ3) is 5.37. The lowest BCUT2D eigenvalue weighted by molar-refractivity contribution is 0.100. The van der Waals surface area contributed by atoms with Crippen LogP contribution in [0.25, 0.3) is 0 Å². The lowest BCUT2D eigenvalue weighted by Gasteiger charge is -2.24. The molecule has 8 heteroatoms. The minimum absolute atomic E-state index is 0. The van der Waals surface area contributed by atoms with E-state index >= 15 is 0 Å². The van der Waals surface area contributed by atoms with Gasteiger partial charge >= 0.3 is 0 Å².